The van der Waals surface area contributed by atoms with Crippen molar-refractivity contribution in [3.05, 3.63) is 113 Å². The van der Waals surface area contributed by atoms with Gasteiger partial charge in [-0.2, -0.15) is 5.26 Å². The summed E-state index contributed by atoms with van der Waals surface area (Å²) < 4.78 is 10.2. The van der Waals surface area contributed by atoms with Gasteiger partial charge >= 0.3 is 11.9 Å². The highest BCUT2D eigenvalue weighted by atomic mass is 16.5. The second-order valence-corrected chi connectivity index (χ2v) is 10.2. The summed E-state index contributed by atoms with van der Waals surface area (Å²) in [5.41, 5.74) is 10.9. The molecule has 1 heterocycles. The summed E-state index contributed by atoms with van der Waals surface area (Å²) in [6, 6.07) is 26.8. The van der Waals surface area contributed by atoms with E-state index in [1.807, 2.05) is 18.2 Å². The van der Waals surface area contributed by atoms with Crippen molar-refractivity contribution >= 4 is 17.6 Å². The molecule has 0 aromatic heterocycles. The standard InChI is InChI=1S/C32H31N3O4/c1-32(2,3)23-15-11-20(12-16-23)21-13-17-24(18-14-21)35-28(31(37)39-5)27(30(36)38-4)26(25(19-33)29(35)34)22-9-7-6-8-10-22/h6-18,26H,34H2,1-5H3. The van der Waals surface area contributed by atoms with Crippen molar-refractivity contribution in [2.75, 3.05) is 19.1 Å². The number of allylic oxidation sites excluding steroid dienone is 1. The number of carbonyl (C=O) groups is 2. The second kappa shape index (κ2) is 10.9. The first kappa shape index (κ1) is 27.2. The van der Waals surface area contributed by atoms with Crippen LogP contribution in [-0.4, -0.2) is 26.2 Å². The van der Waals surface area contributed by atoms with Gasteiger partial charge in [0.25, 0.3) is 0 Å². The van der Waals surface area contributed by atoms with Gasteiger partial charge in [-0.3, -0.25) is 4.90 Å². The molecule has 4 rings (SSSR count). The number of benzene rings is 3. The van der Waals surface area contributed by atoms with Gasteiger partial charge in [-0.1, -0.05) is 87.5 Å². The number of carbonyl (C=O) groups excluding carboxylic acids is 2. The Kier molecular flexibility index (Phi) is 7.59. The van der Waals surface area contributed by atoms with Crippen LogP contribution in [0.25, 0.3) is 11.1 Å². The first-order valence-corrected chi connectivity index (χ1v) is 12.5. The molecule has 0 radical (unpaired) electrons. The molecular formula is C32H31N3O4. The lowest BCUT2D eigenvalue weighted by atomic mass is 9.81. The Morgan fingerprint density at radius 1 is 0.846 bits per heavy atom. The molecule has 1 aliphatic heterocycles. The Morgan fingerprint density at radius 2 is 1.38 bits per heavy atom. The monoisotopic (exact) mass is 521 g/mol. The molecule has 0 saturated carbocycles. The number of anilines is 1. The fraction of sp³-hybridized carbons (Fsp3) is 0.219. The van der Waals surface area contributed by atoms with Gasteiger partial charge in [-0.05, 0) is 39.8 Å². The molecule has 0 saturated heterocycles. The van der Waals surface area contributed by atoms with Crippen LogP contribution in [0, 0.1) is 11.3 Å². The number of rotatable bonds is 5. The average Bonchev–Trinajstić information content (AvgIpc) is 2.95. The molecule has 2 N–H and O–H groups in total. The number of hydrogen-bond acceptors (Lipinski definition) is 7. The number of ether oxygens (including phenoxy) is 2. The van der Waals surface area contributed by atoms with Crippen molar-refractivity contribution in [1.29, 1.82) is 5.26 Å². The minimum Gasteiger partial charge on any atom is -0.466 e. The van der Waals surface area contributed by atoms with Crippen LogP contribution in [0.1, 0.15) is 37.8 Å². The lowest BCUT2D eigenvalue weighted by Gasteiger charge is -2.36. The van der Waals surface area contributed by atoms with Crippen LogP contribution < -0.4 is 10.6 Å². The largest absolute Gasteiger partial charge is 0.466 e. The Bertz CT molecular complexity index is 1490. The molecule has 1 unspecified atom stereocenters. The van der Waals surface area contributed by atoms with Gasteiger partial charge in [0.2, 0.25) is 0 Å². The van der Waals surface area contributed by atoms with Crippen molar-refractivity contribution in [2.45, 2.75) is 32.1 Å². The minimum atomic E-state index is -0.908. The zero-order chi connectivity index (χ0) is 28.3. The van der Waals surface area contributed by atoms with Gasteiger partial charge in [0, 0.05) is 5.69 Å². The topological polar surface area (TPSA) is 106 Å². The normalized spacial score (nSPS) is 15.6. The third-order valence-corrected chi connectivity index (χ3v) is 6.82. The van der Waals surface area contributed by atoms with E-state index >= 15 is 0 Å². The van der Waals surface area contributed by atoms with Gasteiger partial charge in [-0.15, -0.1) is 0 Å². The molecule has 0 spiro atoms. The fourth-order valence-electron chi connectivity index (χ4n) is 4.75. The van der Waals surface area contributed by atoms with Gasteiger partial charge in [-0.25, -0.2) is 9.59 Å². The van der Waals surface area contributed by atoms with Crippen LogP contribution in [0.15, 0.2) is 102 Å². The zero-order valence-electron chi connectivity index (χ0n) is 22.7. The van der Waals surface area contributed by atoms with E-state index in [1.165, 1.54) is 24.7 Å². The third kappa shape index (κ3) is 5.14. The van der Waals surface area contributed by atoms with Crippen molar-refractivity contribution < 1.29 is 19.1 Å². The molecule has 3 aromatic carbocycles. The summed E-state index contributed by atoms with van der Waals surface area (Å²) in [5, 5.41) is 10.2. The summed E-state index contributed by atoms with van der Waals surface area (Å²) >= 11 is 0. The van der Waals surface area contributed by atoms with E-state index < -0.39 is 17.9 Å². The molecule has 0 amide bonds. The van der Waals surface area contributed by atoms with Crippen molar-refractivity contribution in [2.24, 2.45) is 5.73 Å². The van der Waals surface area contributed by atoms with E-state index in [1.54, 1.807) is 36.4 Å². The molecule has 0 aliphatic carbocycles. The summed E-state index contributed by atoms with van der Waals surface area (Å²) in [6.45, 7) is 6.50. The van der Waals surface area contributed by atoms with Crippen LogP contribution >= 0.6 is 0 Å². The lowest BCUT2D eigenvalue weighted by Crippen LogP contribution is -2.40. The minimum absolute atomic E-state index is 0.0249. The molecule has 3 aromatic rings. The number of nitriles is 1. The highest BCUT2D eigenvalue weighted by Gasteiger charge is 2.42. The van der Waals surface area contributed by atoms with Crippen molar-refractivity contribution in [3.8, 4) is 17.2 Å². The number of hydrogen-bond donors (Lipinski definition) is 1. The number of nitrogens with zero attached hydrogens (tertiary/aromatic N) is 2. The SMILES string of the molecule is COC(=O)C1=C(C(=O)OC)N(c2ccc(-c3ccc(C(C)(C)C)cc3)cc2)C(N)=C(C#N)C1c1ccccc1. The van der Waals surface area contributed by atoms with Crippen molar-refractivity contribution in [1.82, 2.24) is 0 Å². The van der Waals surface area contributed by atoms with Crippen molar-refractivity contribution in [3.63, 3.8) is 0 Å². The predicted molar refractivity (Wildman–Crippen MR) is 150 cm³/mol. The summed E-state index contributed by atoms with van der Waals surface area (Å²) in [7, 11) is 2.45. The number of esters is 2. The van der Waals surface area contributed by atoms with Gasteiger partial charge in [0.05, 0.1) is 37.4 Å². The van der Waals surface area contributed by atoms with E-state index in [2.05, 4.69) is 51.1 Å². The maximum atomic E-state index is 13.2. The van der Waals surface area contributed by atoms with Crippen LogP contribution in [0.5, 0.6) is 0 Å². The van der Waals surface area contributed by atoms with E-state index in [4.69, 9.17) is 15.2 Å². The second-order valence-electron chi connectivity index (χ2n) is 10.2. The van der Waals surface area contributed by atoms with E-state index in [0.29, 0.717) is 11.3 Å². The zero-order valence-corrected chi connectivity index (χ0v) is 22.7. The summed E-state index contributed by atoms with van der Waals surface area (Å²) in [5.74, 6) is -2.42. The molecule has 0 bridgehead atoms. The maximum absolute atomic E-state index is 13.2. The van der Waals surface area contributed by atoms with E-state index in [-0.39, 0.29) is 28.1 Å². The number of methoxy groups -OCH3 is 2. The highest BCUT2D eigenvalue weighted by molar-refractivity contribution is 6.06. The predicted octanol–water partition coefficient (Wildman–Crippen LogP) is 5.55. The summed E-state index contributed by atoms with van der Waals surface area (Å²) in [6.07, 6.45) is 0. The maximum Gasteiger partial charge on any atom is 0.355 e. The van der Waals surface area contributed by atoms with E-state index in [0.717, 1.165) is 11.1 Å². The third-order valence-electron chi connectivity index (χ3n) is 6.82. The number of nitrogens with two attached hydrogens (primary N) is 1. The molecular weight excluding hydrogens is 490 g/mol. The molecule has 1 atom stereocenters. The Hall–Kier alpha value is -4.83. The summed E-state index contributed by atoms with van der Waals surface area (Å²) in [4.78, 5) is 27.8. The molecule has 1 aliphatic rings. The average molecular weight is 522 g/mol. The van der Waals surface area contributed by atoms with Crippen LogP contribution in [0.2, 0.25) is 0 Å². The first-order chi connectivity index (χ1) is 18.6. The van der Waals surface area contributed by atoms with Crippen LogP contribution in [-0.2, 0) is 24.5 Å². The quantitative estimate of drug-likeness (QED) is 0.439. The Balaban J connectivity index is 1.87. The first-order valence-electron chi connectivity index (χ1n) is 12.5. The molecule has 7 nitrogen and oxygen atoms in total. The molecule has 7 heteroatoms. The van der Waals surface area contributed by atoms with E-state index in [9.17, 15) is 14.9 Å². The van der Waals surface area contributed by atoms with Gasteiger partial charge in [0.1, 0.15) is 11.5 Å². The van der Waals surface area contributed by atoms with Gasteiger partial charge < -0.3 is 15.2 Å². The highest BCUT2D eigenvalue weighted by Crippen LogP contribution is 2.43. The fourth-order valence-corrected chi connectivity index (χ4v) is 4.75. The Morgan fingerprint density at radius 3 is 1.87 bits per heavy atom. The van der Waals surface area contributed by atoms with Gasteiger partial charge in [0.15, 0.2) is 0 Å². The molecule has 39 heavy (non-hydrogen) atoms. The molecule has 198 valence electrons. The Labute approximate surface area is 228 Å². The smallest absolute Gasteiger partial charge is 0.355 e. The van der Waals surface area contributed by atoms with Crippen LogP contribution in [0.3, 0.4) is 0 Å². The lowest BCUT2D eigenvalue weighted by molar-refractivity contribution is -0.139. The van der Waals surface area contributed by atoms with Crippen LogP contribution in [0.4, 0.5) is 5.69 Å². The molecule has 0 fully saturated rings.